The van der Waals surface area contributed by atoms with E-state index >= 15 is 0 Å². The SMILES string of the molecule is CCCCCCCCCCOC(=O)Nc1ccc(OC(=O)OCCCCCCCCCC)c(C(=O)OC)c1. The van der Waals surface area contributed by atoms with E-state index in [9.17, 15) is 14.4 Å². The number of carbonyl (C=O) groups excluding carboxylic acids is 3. The fourth-order valence-electron chi connectivity index (χ4n) is 4.03. The summed E-state index contributed by atoms with van der Waals surface area (Å²) in [5, 5.41) is 2.60. The molecule has 1 aromatic rings. The summed E-state index contributed by atoms with van der Waals surface area (Å²) >= 11 is 0. The number of nitrogens with one attached hydrogen (secondary N) is 1. The molecule has 8 nitrogen and oxygen atoms in total. The average molecular weight is 536 g/mol. The van der Waals surface area contributed by atoms with E-state index < -0.39 is 18.2 Å². The Morgan fingerprint density at radius 2 is 1.18 bits per heavy atom. The predicted molar refractivity (Wildman–Crippen MR) is 150 cm³/mol. The predicted octanol–water partition coefficient (Wildman–Crippen LogP) is 8.82. The maximum absolute atomic E-state index is 12.2. The van der Waals surface area contributed by atoms with Gasteiger partial charge in [-0.25, -0.2) is 14.4 Å². The quantitative estimate of drug-likeness (QED) is 0.0726. The van der Waals surface area contributed by atoms with E-state index in [0.717, 1.165) is 38.5 Å². The van der Waals surface area contributed by atoms with Crippen LogP contribution in [0.2, 0.25) is 0 Å². The van der Waals surface area contributed by atoms with Gasteiger partial charge in [-0.1, -0.05) is 104 Å². The van der Waals surface area contributed by atoms with Crippen LogP contribution in [0.15, 0.2) is 18.2 Å². The highest BCUT2D eigenvalue weighted by molar-refractivity contribution is 5.95. The molecule has 0 aliphatic carbocycles. The van der Waals surface area contributed by atoms with Crippen LogP contribution in [-0.4, -0.2) is 38.5 Å². The molecule has 216 valence electrons. The third-order valence-electron chi connectivity index (χ3n) is 6.27. The number of hydrogen-bond donors (Lipinski definition) is 1. The number of carbonyl (C=O) groups is 3. The molecule has 0 saturated carbocycles. The van der Waals surface area contributed by atoms with Crippen LogP contribution in [0.5, 0.6) is 5.75 Å². The minimum atomic E-state index is -0.886. The van der Waals surface area contributed by atoms with Gasteiger partial charge in [0.15, 0.2) is 0 Å². The lowest BCUT2D eigenvalue weighted by Crippen LogP contribution is -2.16. The highest BCUT2D eigenvalue weighted by Crippen LogP contribution is 2.24. The number of ether oxygens (including phenoxy) is 4. The molecular formula is C30H49NO7. The van der Waals surface area contributed by atoms with Gasteiger partial charge in [0.25, 0.3) is 0 Å². The molecule has 38 heavy (non-hydrogen) atoms. The second-order valence-corrected chi connectivity index (χ2v) is 9.61. The summed E-state index contributed by atoms with van der Waals surface area (Å²) in [4.78, 5) is 36.5. The number of hydrogen-bond acceptors (Lipinski definition) is 7. The van der Waals surface area contributed by atoms with Crippen molar-refractivity contribution >= 4 is 23.9 Å². The number of esters is 1. The number of unbranched alkanes of at least 4 members (excludes halogenated alkanes) is 14. The molecule has 0 bridgehead atoms. The third-order valence-corrected chi connectivity index (χ3v) is 6.27. The lowest BCUT2D eigenvalue weighted by Gasteiger charge is -2.12. The minimum Gasteiger partial charge on any atom is -0.465 e. The van der Waals surface area contributed by atoms with Crippen molar-refractivity contribution in [2.45, 2.75) is 117 Å². The molecule has 0 spiro atoms. The Balaban J connectivity index is 2.39. The summed E-state index contributed by atoms with van der Waals surface area (Å²) in [5.74, 6) is -0.706. The molecule has 0 unspecified atom stereocenters. The van der Waals surface area contributed by atoms with Crippen LogP contribution in [0.4, 0.5) is 15.3 Å². The van der Waals surface area contributed by atoms with Crippen LogP contribution in [0.3, 0.4) is 0 Å². The number of methoxy groups -OCH3 is 1. The first-order valence-electron chi connectivity index (χ1n) is 14.5. The molecular weight excluding hydrogens is 486 g/mol. The summed E-state index contributed by atoms with van der Waals surface area (Å²) in [6.07, 6.45) is 16.9. The van der Waals surface area contributed by atoms with Crippen LogP contribution in [0.1, 0.15) is 127 Å². The highest BCUT2D eigenvalue weighted by atomic mass is 16.7. The van der Waals surface area contributed by atoms with Crippen LogP contribution in [0, 0.1) is 0 Å². The lowest BCUT2D eigenvalue weighted by molar-refractivity contribution is 0.0594. The van der Waals surface area contributed by atoms with Gasteiger partial charge < -0.3 is 18.9 Å². The molecule has 0 radical (unpaired) electrons. The summed E-state index contributed by atoms with van der Waals surface area (Å²) < 4.78 is 20.4. The van der Waals surface area contributed by atoms with Gasteiger partial charge in [0, 0.05) is 5.69 Å². The van der Waals surface area contributed by atoms with E-state index in [1.807, 2.05) is 0 Å². The third kappa shape index (κ3) is 16.2. The fourth-order valence-corrected chi connectivity index (χ4v) is 4.03. The number of rotatable bonds is 21. The summed E-state index contributed by atoms with van der Waals surface area (Å²) in [5.41, 5.74) is 0.323. The van der Waals surface area contributed by atoms with Crippen LogP contribution in [0.25, 0.3) is 0 Å². The van der Waals surface area contributed by atoms with E-state index in [-0.39, 0.29) is 17.9 Å². The standard InChI is InChI=1S/C30H49NO7/c1-4-6-8-10-12-14-16-18-22-36-29(33)31-25-20-21-27(26(24-25)28(32)35-3)38-30(34)37-23-19-17-15-13-11-9-7-5-2/h20-21,24H,4-19,22-23H2,1-3H3,(H,31,33). The summed E-state index contributed by atoms with van der Waals surface area (Å²) in [7, 11) is 1.23. The van der Waals surface area contributed by atoms with Gasteiger partial charge >= 0.3 is 18.2 Å². The highest BCUT2D eigenvalue weighted by Gasteiger charge is 2.18. The van der Waals surface area contributed by atoms with Gasteiger partial charge in [-0.15, -0.1) is 0 Å². The topological polar surface area (TPSA) is 100 Å². The Morgan fingerprint density at radius 1 is 0.684 bits per heavy atom. The lowest BCUT2D eigenvalue weighted by atomic mass is 10.1. The second-order valence-electron chi connectivity index (χ2n) is 9.61. The Morgan fingerprint density at radius 3 is 1.71 bits per heavy atom. The fraction of sp³-hybridized carbons (Fsp3) is 0.700. The van der Waals surface area contributed by atoms with Crippen molar-refractivity contribution in [3.05, 3.63) is 23.8 Å². The smallest absolute Gasteiger partial charge is 0.465 e. The monoisotopic (exact) mass is 535 g/mol. The maximum atomic E-state index is 12.2. The van der Waals surface area contributed by atoms with Crippen LogP contribution in [-0.2, 0) is 14.2 Å². The maximum Gasteiger partial charge on any atom is 0.513 e. The minimum absolute atomic E-state index is 0.00241. The number of anilines is 1. The normalized spacial score (nSPS) is 10.6. The van der Waals surface area contributed by atoms with Crippen LogP contribution >= 0.6 is 0 Å². The van der Waals surface area contributed by atoms with Gasteiger partial charge in [0.2, 0.25) is 0 Å². The number of benzene rings is 1. The Bertz CT molecular complexity index is 797. The molecule has 1 aromatic carbocycles. The molecule has 1 rings (SSSR count). The van der Waals surface area contributed by atoms with Crippen molar-refractivity contribution in [1.29, 1.82) is 0 Å². The molecule has 0 saturated heterocycles. The van der Waals surface area contributed by atoms with E-state index in [4.69, 9.17) is 18.9 Å². The van der Waals surface area contributed by atoms with Crippen LogP contribution < -0.4 is 10.1 Å². The zero-order valence-corrected chi connectivity index (χ0v) is 23.8. The Hall–Kier alpha value is -2.77. The molecule has 0 heterocycles. The first-order valence-corrected chi connectivity index (χ1v) is 14.5. The van der Waals surface area contributed by atoms with Gasteiger partial charge in [-0.3, -0.25) is 5.32 Å². The summed E-state index contributed by atoms with van der Waals surface area (Å²) in [6.45, 7) is 4.99. The van der Waals surface area contributed by atoms with E-state index in [1.54, 1.807) is 0 Å². The first-order chi connectivity index (χ1) is 18.5. The summed E-state index contributed by atoms with van der Waals surface area (Å²) in [6, 6.07) is 4.31. The van der Waals surface area contributed by atoms with Gasteiger partial charge in [-0.05, 0) is 31.0 Å². The zero-order chi connectivity index (χ0) is 27.8. The van der Waals surface area contributed by atoms with Gasteiger partial charge in [0.05, 0.1) is 20.3 Å². The number of amides is 1. The van der Waals surface area contributed by atoms with Crippen molar-refractivity contribution in [2.24, 2.45) is 0 Å². The van der Waals surface area contributed by atoms with E-state index in [0.29, 0.717) is 12.3 Å². The molecule has 0 aliphatic rings. The second kappa shape index (κ2) is 22.2. The van der Waals surface area contributed by atoms with Crippen molar-refractivity contribution in [1.82, 2.24) is 0 Å². The molecule has 0 atom stereocenters. The van der Waals surface area contributed by atoms with Crippen molar-refractivity contribution in [3.63, 3.8) is 0 Å². The molecule has 8 heteroatoms. The largest absolute Gasteiger partial charge is 0.513 e. The van der Waals surface area contributed by atoms with Gasteiger partial charge in [0.1, 0.15) is 11.3 Å². The van der Waals surface area contributed by atoms with Gasteiger partial charge in [-0.2, -0.15) is 0 Å². The molecule has 0 aromatic heterocycles. The van der Waals surface area contributed by atoms with Crippen molar-refractivity contribution < 1.29 is 33.3 Å². The average Bonchev–Trinajstić information content (AvgIpc) is 2.91. The molecule has 0 aliphatic heterocycles. The molecule has 0 fully saturated rings. The molecule has 1 N–H and O–H groups in total. The Kier molecular flexibility index (Phi) is 19.5. The van der Waals surface area contributed by atoms with E-state index in [1.165, 1.54) is 89.5 Å². The molecule has 1 amide bonds. The first kappa shape index (κ1) is 33.3. The van der Waals surface area contributed by atoms with Crippen molar-refractivity contribution in [2.75, 3.05) is 25.6 Å². The van der Waals surface area contributed by atoms with Crippen molar-refractivity contribution in [3.8, 4) is 5.75 Å². The zero-order valence-electron chi connectivity index (χ0n) is 23.8. The Labute approximate surface area is 229 Å². The van der Waals surface area contributed by atoms with E-state index in [2.05, 4.69) is 19.2 Å².